The van der Waals surface area contributed by atoms with E-state index in [1.807, 2.05) is 13.8 Å². The monoisotopic (exact) mass is 520 g/mol. The number of carboxylic acids is 1. The van der Waals surface area contributed by atoms with Crippen molar-refractivity contribution >= 4 is 40.8 Å². The molecule has 3 rings (SSSR count). The van der Waals surface area contributed by atoms with Crippen LogP contribution in [0, 0.1) is 0 Å². The van der Waals surface area contributed by atoms with Crippen molar-refractivity contribution in [3.63, 3.8) is 0 Å². The van der Waals surface area contributed by atoms with E-state index in [0.29, 0.717) is 34.3 Å². The standard InChI is InChI=1S/C24H26Cl2N4O5/c1-15(2)35-20-11-10-18(13-19(20)26)27-22-28-23(33)29(12-4-3-5-21(31)32)24(34)30(22)14-16-6-8-17(25)9-7-16/h6-11,13,15H,3-5,12,14H2,1-2H3,(H,31,32)(H,27,28,33). The molecule has 0 aliphatic heterocycles. The van der Waals surface area contributed by atoms with Crippen LogP contribution in [0.2, 0.25) is 10.0 Å². The van der Waals surface area contributed by atoms with Crippen molar-refractivity contribution in [2.75, 3.05) is 5.32 Å². The Morgan fingerprint density at radius 2 is 1.80 bits per heavy atom. The largest absolute Gasteiger partial charge is 0.489 e. The Bertz CT molecular complexity index is 1300. The molecule has 35 heavy (non-hydrogen) atoms. The predicted octanol–water partition coefficient (Wildman–Crippen LogP) is 4.55. The molecule has 0 saturated carbocycles. The van der Waals surface area contributed by atoms with Gasteiger partial charge in [0.15, 0.2) is 0 Å². The number of rotatable bonds is 11. The molecule has 0 fully saturated rings. The van der Waals surface area contributed by atoms with Gasteiger partial charge in [-0.3, -0.25) is 9.36 Å². The van der Waals surface area contributed by atoms with Gasteiger partial charge in [0.2, 0.25) is 5.95 Å². The Labute approximate surface area is 211 Å². The summed E-state index contributed by atoms with van der Waals surface area (Å²) in [6.45, 7) is 3.96. The molecule has 0 aliphatic carbocycles. The highest BCUT2D eigenvalue weighted by Gasteiger charge is 2.15. The summed E-state index contributed by atoms with van der Waals surface area (Å²) < 4.78 is 8.00. The summed E-state index contributed by atoms with van der Waals surface area (Å²) in [6, 6.07) is 12.0. The molecule has 0 bridgehead atoms. The summed E-state index contributed by atoms with van der Waals surface area (Å²) >= 11 is 12.3. The number of aromatic nitrogens is 3. The lowest BCUT2D eigenvalue weighted by Gasteiger charge is -2.17. The number of unbranched alkanes of at least 4 members (excludes halogenated alkanes) is 1. The highest BCUT2D eigenvalue weighted by Crippen LogP contribution is 2.29. The van der Waals surface area contributed by atoms with Crippen molar-refractivity contribution in [2.24, 2.45) is 0 Å². The lowest BCUT2D eigenvalue weighted by atomic mass is 10.2. The van der Waals surface area contributed by atoms with E-state index in [1.165, 1.54) is 4.57 Å². The van der Waals surface area contributed by atoms with E-state index in [4.69, 9.17) is 33.0 Å². The summed E-state index contributed by atoms with van der Waals surface area (Å²) in [5.74, 6) is -0.375. The van der Waals surface area contributed by atoms with Gasteiger partial charge in [-0.2, -0.15) is 4.98 Å². The number of hydrogen-bond donors (Lipinski definition) is 2. The van der Waals surface area contributed by atoms with Crippen LogP contribution in [0.15, 0.2) is 52.1 Å². The van der Waals surface area contributed by atoms with Crippen LogP contribution in [0.25, 0.3) is 0 Å². The molecule has 0 radical (unpaired) electrons. The topological polar surface area (TPSA) is 115 Å². The average molecular weight is 521 g/mol. The Kier molecular flexibility index (Phi) is 8.95. The first kappa shape index (κ1) is 26.3. The first-order valence-corrected chi connectivity index (χ1v) is 11.8. The van der Waals surface area contributed by atoms with E-state index < -0.39 is 17.3 Å². The zero-order chi connectivity index (χ0) is 25.5. The van der Waals surface area contributed by atoms with Crippen LogP contribution in [0.3, 0.4) is 0 Å². The van der Waals surface area contributed by atoms with E-state index in [1.54, 1.807) is 42.5 Å². The Morgan fingerprint density at radius 1 is 1.09 bits per heavy atom. The van der Waals surface area contributed by atoms with Crippen LogP contribution in [-0.2, 0) is 17.9 Å². The molecule has 0 saturated heterocycles. The van der Waals surface area contributed by atoms with Crippen LogP contribution >= 0.6 is 23.2 Å². The molecule has 9 nitrogen and oxygen atoms in total. The zero-order valence-corrected chi connectivity index (χ0v) is 20.8. The van der Waals surface area contributed by atoms with Gasteiger partial charge < -0.3 is 15.2 Å². The summed E-state index contributed by atoms with van der Waals surface area (Å²) in [6.07, 6.45) is 0.587. The van der Waals surface area contributed by atoms with E-state index >= 15 is 0 Å². The predicted molar refractivity (Wildman–Crippen MR) is 135 cm³/mol. The number of ether oxygens (including phenoxy) is 1. The van der Waals surface area contributed by atoms with Crippen LogP contribution in [0.1, 0.15) is 38.7 Å². The molecule has 0 unspecified atom stereocenters. The molecule has 0 atom stereocenters. The highest BCUT2D eigenvalue weighted by atomic mass is 35.5. The van der Waals surface area contributed by atoms with E-state index in [9.17, 15) is 14.4 Å². The van der Waals surface area contributed by atoms with Crippen molar-refractivity contribution in [1.82, 2.24) is 14.1 Å². The summed E-state index contributed by atoms with van der Waals surface area (Å²) in [5.41, 5.74) is -0.00715. The van der Waals surface area contributed by atoms with Gasteiger partial charge in [0.05, 0.1) is 17.7 Å². The quantitative estimate of drug-likeness (QED) is 0.356. The molecule has 11 heteroatoms. The summed E-state index contributed by atoms with van der Waals surface area (Å²) in [4.78, 5) is 40.8. The van der Waals surface area contributed by atoms with Crippen molar-refractivity contribution in [1.29, 1.82) is 0 Å². The van der Waals surface area contributed by atoms with Gasteiger partial charge >= 0.3 is 17.3 Å². The van der Waals surface area contributed by atoms with Gasteiger partial charge in [-0.15, -0.1) is 0 Å². The first-order valence-electron chi connectivity index (χ1n) is 11.0. The minimum Gasteiger partial charge on any atom is -0.489 e. The maximum Gasteiger partial charge on any atom is 0.354 e. The molecule has 2 N–H and O–H groups in total. The van der Waals surface area contributed by atoms with Crippen molar-refractivity contribution in [2.45, 2.75) is 52.3 Å². The van der Waals surface area contributed by atoms with Gasteiger partial charge in [-0.1, -0.05) is 35.3 Å². The summed E-state index contributed by atoms with van der Waals surface area (Å²) in [7, 11) is 0. The van der Waals surface area contributed by atoms with Gasteiger partial charge in [0.1, 0.15) is 5.75 Å². The number of anilines is 2. The van der Waals surface area contributed by atoms with Gasteiger partial charge in [-0.05, 0) is 62.6 Å². The van der Waals surface area contributed by atoms with Crippen LogP contribution < -0.4 is 21.4 Å². The number of carbonyl (C=O) groups is 1. The molecular weight excluding hydrogens is 495 g/mol. The fourth-order valence-electron chi connectivity index (χ4n) is 3.33. The Balaban J connectivity index is 1.96. The number of nitrogens with zero attached hydrogens (tertiary/aromatic N) is 3. The highest BCUT2D eigenvalue weighted by molar-refractivity contribution is 6.32. The number of hydrogen-bond acceptors (Lipinski definition) is 6. The molecule has 0 spiro atoms. The zero-order valence-electron chi connectivity index (χ0n) is 19.3. The van der Waals surface area contributed by atoms with Gasteiger partial charge in [-0.25, -0.2) is 14.2 Å². The van der Waals surface area contributed by atoms with Crippen LogP contribution in [0.5, 0.6) is 5.75 Å². The molecular formula is C24H26Cl2N4O5. The third-order valence-electron chi connectivity index (χ3n) is 4.98. The molecule has 0 amide bonds. The van der Waals surface area contributed by atoms with Crippen molar-refractivity contribution in [3.8, 4) is 5.75 Å². The number of carboxylic acid groups (broad SMARTS) is 1. The fraction of sp³-hybridized carbons (Fsp3) is 0.333. The fourth-order valence-corrected chi connectivity index (χ4v) is 3.69. The molecule has 3 aromatic rings. The van der Waals surface area contributed by atoms with Crippen LogP contribution in [-0.4, -0.2) is 31.3 Å². The number of nitrogens with one attached hydrogen (secondary N) is 1. The third kappa shape index (κ3) is 7.34. The van der Waals surface area contributed by atoms with Crippen molar-refractivity contribution in [3.05, 3.63) is 79.0 Å². The average Bonchev–Trinajstić information content (AvgIpc) is 2.78. The summed E-state index contributed by atoms with van der Waals surface area (Å²) in [5, 5.41) is 12.8. The Morgan fingerprint density at radius 3 is 2.43 bits per heavy atom. The van der Waals surface area contributed by atoms with Gasteiger partial charge in [0, 0.05) is 23.7 Å². The first-order chi connectivity index (χ1) is 16.6. The molecule has 1 aromatic heterocycles. The molecule has 2 aromatic carbocycles. The molecule has 186 valence electrons. The molecule has 0 aliphatic rings. The lowest BCUT2D eigenvalue weighted by molar-refractivity contribution is -0.137. The third-order valence-corrected chi connectivity index (χ3v) is 5.52. The van der Waals surface area contributed by atoms with E-state index in [2.05, 4.69) is 10.3 Å². The maximum atomic E-state index is 13.3. The number of aliphatic carboxylic acids is 1. The van der Waals surface area contributed by atoms with Crippen molar-refractivity contribution < 1.29 is 14.6 Å². The number of benzene rings is 2. The second kappa shape index (κ2) is 11.9. The minimum absolute atomic E-state index is 0.0436. The smallest absolute Gasteiger partial charge is 0.354 e. The van der Waals surface area contributed by atoms with E-state index in [0.717, 1.165) is 10.1 Å². The van der Waals surface area contributed by atoms with Crippen LogP contribution in [0.4, 0.5) is 11.6 Å². The molecule has 1 heterocycles. The second-order valence-corrected chi connectivity index (χ2v) is 9.00. The van der Waals surface area contributed by atoms with E-state index in [-0.39, 0.29) is 31.6 Å². The Hall–Kier alpha value is -3.30. The minimum atomic E-state index is -0.932. The SMILES string of the molecule is CC(C)Oc1ccc(Nc2nc(=O)n(CCCCC(=O)O)c(=O)n2Cc2ccc(Cl)cc2)cc1Cl. The van der Waals surface area contributed by atoms with Gasteiger partial charge in [0.25, 0.3) is 0 Å². The second-order valence-electron chi connectivity index (χ2n) is 8.15. The normalized spacial score (nSPS) is 11.0. The lowest BCUT2D eigenvalue weighted by Crippen LogP contribution is -2.42. The number of halogens is 2. The maximum absolute atomic E-state index is 13.3.